The fourth-order valence-electron chi connectivity index (χ4n) is 3.76. The molecule has 9 nitrogen and oxygen atoms in total. The van der Waals surface area contributed by atoms with Gasteiger partial charge < -0.3 is 19.9 Å². The monoisotopic (exact) mass is 415 g/mol. The predicted octanol–water partition coefficient (Wildman–Crippen LogP) is 0.0320. The van der Waals surface area contributed by atoms with Gasteiger partial charge in [-0.05, 0) is 25.3 Å². The molecule has 0 radical (unpaired) electrons. The molecule has 4 rings (SSSR count). The summed E-state index contributed by atoms with van der Waals surface area (Å²) in [4.78, 5) is 11.4. The second kappa shape index (κ2) is 7.37. The Morgan fingerprint density at radius 1 is 1.43 bits per heavy atom. The van der Waals surface area contributed by atoms with Gasteiger partial charge in [0.05, 0.1) is 0 Å². The topological polar surface area (TPSA) is 117 Å². The Morgan fingerprint density at radius 3 is 2.93 bits per heavy atom. The van der Waals surface area contributed by atoms with Crippen LogP contribution in [0.3, 0.4) is 0 Å². The number of halogens is 1. The molecule has 2 saturated heterocycles. The van der Waals surface area contributed by atoms with Crippen molar-refractivity contribution >= 4 is 21.8 Å². The summed E-state index contributed by atoms with van der Waals surface area (Å²) in [5, 5.41) is 13.4. The molecule has 3 aliphatic heterocycles. The van der Waals surface area contributed by atoms with Crippen LogP contribution in [0.15, 0.2) is 6.07 Å². The van der Waals surface area contributed by atoms with Crippen molar-refractivity contribution in [2.45, 2.75) is 25.4 Å². The summed E-state index contributed by atoms with van der Waals surface area (Å²) >= 11 is 0. The molecular formula is C17H22FN3O6S. The Hall–Kier alpha value is -2.11. The summed E-state index contributed by atoms with van der Waals surface area (Å²) in [7, 11) is -4.22. The predicted molar refractivity (Wildman–Crippen MR) is 97.0 cm³/mol. The number of nitrogens with zero attached hydrogens (tertiary/aromatic N) is 1. The Morgan fingerprint density at radius 2 is 2.25 bits per heavy atom. The van der Waals surface area contributed by atoms with Crippen LogP contribution >= 0.6 is 0 Å². The largest absolute Gasteiger partial charge is 0.505 e. The number of phenolic OH excluding ortho intramolecular Hbond substituents is 1. The van der Waals surface area contributed by atoms with Crippen molar-refractivity contribution in [1.82, 2.24) is 10.0 Å². The van der Waals surface area contributed by atoms with Crippen LogP contribution < -0.4 is 19.1 Å². The number of carbonyl (C=O) groups excluding carboxylic acids is 1. The van der Waals surface area contributed by atoms with Gasteiger partial charge in [0.1, 0.15) is 29.8 Å². The van der Waals surface area contributed by atoms with E-state index in [1.807, 2.05) is 0 Å². The molecule has 0 aromatic heterocycles. The van der Waals surface area contributed by atoms with E-state index in [2.05, 4.69) is 5.32 Å². The lowest BCUT2D eigenvalue weighted by molar-refractivity contribution is -0.117. The highest BCUT2D eigenvalue weighted by Crippen LogP contribution is 2.43. The van der Waals surface area contributed by atoms with Crippen LogP contribution in [-0.2, 0) is 26.2 Å². The van der Waals surface area contributed by atoms with E-state index in [0.717, 1.165) is 32.6 Å². The molecule has 1 amide bonds. The number of benzene rings is 1. The number of fused-ring (bicyclic) bond motifs is 1. The maximum Gasteiger partial charge on any atom is 0.326 e. The highest BCUT2D eigenvalue weighted by molar-refractivity contribution is 7.92. The number of phenols is 1. The van der Waals surface area contributed by atoms with Crippen LogP contribution in [0.5, 0.6) is 11.5 Å². The highest BCUT2D eigenvalue weighted by Gasteiger charge is 2.40. The third kappa shape index (κ3) is 3.61. The SMILES string of the molecule is O=C1CN(c2c(O)cc3c(c2F)C[C@H](CNCCC2CCOC2)O3)S(=O)(=O)N1. The number of nitrogens with one attached hydrogen (secondary N) is 2. The first-order valence-corrected chi connectivity index (χ1v) is 10.6. The molecule has 11 heteroatoms. The fourth-order valence-corrected chi connectivity index (χ4v) is 4.93. The average Bonchev–Trinajstić information content (AvgIpc) is 3.31. The zero-order valence-corrected chi connectivity index (χ0v) is 15.9. The van der Waals surface area contributed by atoms with E-state index in [1.165, 1.54) is 6.07 Å². The van der Waals surface area contributed by atoms with E-state index >= 15 is 4.39 Å². The number of aromatic hydroxyl groups is 1. The Labute approximate surface area is 162 Å². The van der Waals surface area contributed by atoms with Crippen molar-refractivity contribution in [2.75, 3.05) is 37.2 Å². The lowest BCUT2D eigenvalue weighted by Gasteiger charge is -2.18. The Kier molecular flexibility index (Phi) is 5.06. The first kappa shape index (κ1) is 19.2. The normalized spacial score (nSPS) is 25.6. The minimum absolute atomic E-state index is 0.186. The molecule has 2 atom stereocenters. The van der Waals surface area contributed by atoms with Crippen molar-refractivity contribution in [3.63, 3.8) is 0 Å². The summed E-state index contributed by atoms with van der Waals surface area (Å²) < 4.78 is 52.3. The zero-order chi connectivity index (χ0) is 19.9. The van der Waals surface area contributed by atoms with E-state index in [0.29, 0.717) is 16.8 Å². The molecule has 1 aromatic rings. The van der Waals surface area contributed by atoms with Crippen LogP contribution in [0.2, 0.25) is 0 Å². The number of ether oxygens (including phenoxy) is 2. The summed E-state index contributed by atoms with van der Waals surface area (Å²) in [5.74, 6) is -1.52. The van der Waals surface area contributed by atoms with Crippen LogP contribution in [0, 0.1) is 11.7 Å². The summed E-state index contributed by atoms with van der Waals surface area (Å²) in [6.45, 7) is 2.31. The molecule has 1 aromatic carbocycles. The van der Waals surface area contributed by atoms with Gasteiger partial charge in [-0.1, -0.05) is 0 Å². The first-order chi connectivity index (χ1) is 13.3. The van der Waals surface area contributed by atoms with Crippen molar-refractivity contribution in [3.05, 3.63) is 17.4 Å². The van der Waals surface area contributed by atoms with Gasteiger partial charge in [0, 0.05) is 37.8 Å². The Balaban J connectivity index is 1.43. The zero-order valence-electron chi connectivity index (χ0n) is 15.1. The first-order valence-electron chi connectivity index (χ1n) is 9.18. The van der Waals surface area contributed by atoms with E-state index < -0.39 is 39.9 Å². The van der Waals surface area contributed by atoms with Gasteiger partial charge in [-0.25, -0.2) is 13.4 Å². The van der Waals surface area contributed by atoms with Crippen molar-refractivity contribution in [1.29, 1.82) is 0 Å². The number of anilines is 1. The van der Waals surface area contributed by atoms with E-state index in [9.17, 15) is 18.3 Å². The van der Waals surface area contributed by atoms with Crippen LogP contribution in [-0.4, -0.2) is 58.4 Å². The summed E-state index contributed by atoms with van der Waals surface area (Å²) in [6, 6.07) is 1.20. The molecule has 3 aliphatic rings. The highest BCUT2D eigenvalue weighted by atomic mass is 32.2. The quantitative estimate of drug-likeness (QED) is 0.561. The van der Waals surface area contributed by atoms with Gasteiger partial charge in [0.2, 0.25) is 0 Å². The summed E-state index contributed by atoms with van der Waals surface area (Å²) in [6.07, 6.45) is 1.97. The van der Waals surface area contributed by atoms with E-state index in [4.69, 9.17) is 9.47 Å². The molecule has 0 aliphatic carbocycles. The molecule has 3 N–H and O–H groups in total. The molecule has 1 unspecified atom stereocenters. The lowest BCUT2D eigenvalue weighted by atomic mass is 10.1. The van der Waals surface area contributed by atoms with Crippen molar-refractivity contribution in [3.8, 4) is 11.5 Å². The Bertz CT molecular complexity index is 887. The molecule has 3 heterocycles. The second-order valence-corrected chi connectivity index (χ2v) is 8.83. The summed E-state index contributed by atoms with van der Waals surface area (Å²) in [5.41, 5.74) is -0.339. The fraction of sp³-hybridized carbons (Fsp3) is 0.588. The van der Waals surface area contributed by atoms with Gasteiger partial charge in [-0.3, -0.25) is 4.79 Å². The minimum Gasteiger partial charge on any atom is -0.505 e. The molecule has 0 spiro atoms. The number of rotatable bonds is 6. The standard InChI is InChI=1S/C17H22FN3O6S/c18-16-12-5-11(7-19-3-1-10-2-4-26-9-10)27-14(12)6-13(22)17(16)21-8-15(23)20-28(21,24)25/h6,10-11,19,22H,1-5,7-9H2,(H,20,23)/t10?,11-/m1/s1. The second-order valence-electron chi connectivity index (χ2n) is 7.24. The molecular weight excluding hydrogens is 393 g/mol. The van der Waals surface area contributed by atoms with E-state index in [-0.39, 0.29) is 23.8 Å². The third-order valence-electron chi connectivity index (χ3n) is 5.20. The lowest BCUT2D eigenvalue weighted by Crippen LogP contribution is -2.31. The smallest absolute Gasteiger partial charge is 0.326 e. The maximum absolute atomic E-state index is 15.0. The van der Waals surface area contributed by atoms with Gasteiger partial charge in [0.25, 0.3) is 5.91 Å². The number of amides is 1. The average molecular weight is 415 g/mol. The molecule has 2 fully saturated rings. The van der Waals surface area contributed by atoms with Gasteiger partial charge >= 0.3 is 10.2 Å². The minimum atomic E-state index is -4.22. The van der Waals surface area contributed by atoms with Gasteiger partial charge in [0.15, 0.2) is 5.82 Å². The van der Waals surface area contributed by atoms with Gasteiger partial charge in [-0.15, -0.1) is 0 Å². The van der Waals surface area contributed by atoms with Crippen LogP contribution in [0.1, 0.15) is 18.4 Å². The van der Waals surface area contributed by atoms with Gasteiger partial charge in [-0.2, -0.15) is 8.42 Å². The van der Waals surface area contributed by atoms with E-state index in [1.54, 1.807) is 4.72 Å². The van der Waals surface area contributed by atoms with Crippen LogP contribution in [0.4, 0.5) is 10.1 Å². The molecule has 28 heavy (non-hydrogen) atoms. The maximum atomic E-state index is 15.0. The molecule has 0 saturated carbocycles. The number of carbonyl (C=O) groups is 1. The molecule has 0 bridgehead atoms. The third-order valence-corrected chi connectivity index (χ3v) is 6.58. The van der Waals surface area contributed by atoms with Crippen molar-refractivity contribution < 1.29 is 32.2 Å². The van der Waals surface area contributed by atoms with Crippen LogP contribution in [0.25, 0.3) is 0 Å². The number of hydrogen-bond acceptors (Lipinski definition) is 7. The molecule has 154 valence electrons. The van der Waals surface area contributed by atoms with Crippen molar-refractivity contribution in [2.24, 2.45) is 5.92 Å². The number of hydrogen-bond donors (Lipinski definition) is 3.